The Morgan fingerprint density at radius 2 is 2.36 bits per heavy atom. The van der Waals surface area contributed by atoms with Gasteiger partial charge in [-0.2, -0.15) is 0 Å². The fraction of sp³-hybridized carbons (Fsp3) is 0.222. The number of amides is 1. The second-order valence-electron chi connectivity index (χ2n) is 2.91. The number of alkyl halides is 1. The lowest BCUT2D eigenvalue weighted by molar-refractivity contribution is -0.118. The minimum Gasteiger partial charge on any atom is -0.482 e. The molecular weight excluding hydrogens is 269 g/mol. The highest BCUT2D eigenvalue weighted by Gasteiger charge is 2.17. The van der Waals surface area contributed by atoms with E-state index >= 15 is 0 Å². The first-order valence-electron chi connectivity index (χ1n) is 4.01. The van der Waals surface area contributed by atoms with Crippen LogP contribution < -0.4 is 10.1 Å². The number of halogens is 2. The van der Waals surface area contributed by atoms with Gasteiger partial charge in [-0.3, -0.25) is 4.79 Å². The molecule has 0 unspecified atom stereocenters. The van der Waals surface area contributed by atoms with Gasteiger partial charge in [0.1, 0.15) is 5.75 Å². The average Bonchev–Trinajstić information content (AvgIpc) is 2.16. The molecule has 0 atom stereocenters. The van der Waals surface area contributed by atoms with Crippen LogP contribution in [0.25, 0.3) is 0 Å². The molecule has 1 N–H and O–H groups in total. The van der Waals surface area contributed by atoms with Crippen molar-refractivity contribution < 1.29 is 9.53 Å². The van der Waals surface area contributed by atoms with Gasteiger partial charge in [0.05, 0.1) is 5.69 Å². The maximum atomic E-state index is 11.0. The van der Waals surface area contributed by atoms with Crippen LogP contribution in [0.15, 0.2) is 16.6 Å². The Kier molecular flexibility index (Phi) is 2.65. The van der Waals surface area contributed by atoms with Gasteiger partial charge in [0.15, 0.2) is 6.61 Å². The van der Waals surface area contributed by atoms with E-state index in [1.165, 1.54) is 0 Å². The Bertz CT molecular complexity index is 395. The van der Waals surface area contributed by atoms with E-state index in [0.29, 0.717) is 17.3 Å². The molecule has 2 rings (SSSR count). The summed E-state index contributed by atoms with van der Waals surface area (Å²) >= 11 is 9.09. The van der Waals surface area contributed by atoms with Gasteiger partial charge in [-0.05, 0) is 17.7 Å². The Morgan fingerprint density at radius 3 is 3.07 bits per heavy atom. The third-order valence-electron chi connectivity index (χ3n) is 1.93. The number of carbonyl (C=O) groups excluding carboxylic acids is 1. The molecule has 1 aliphatic heterocycles. The first-order valence-corrected chi connectivity index (χ1v) is 5.34. The molecule has 0 aliphatic carbocycles. The lowest BCUT2D eigenvalue weighted by atomic mass is 10.2. The molecule has 1 aromatic carbocycles. The summed E-state index contributed by atoms with van der Waals surface area (Å²) in [6.07, 6.45) is 0. The van der Waals surface area contributed by atoms with Crippen molar-refractivity contribution in [2.75, 3.05) is 11.9 Å². The summed E-state index contributed by atoms with van der Waals surface area (Å²) in [5, 5.41) is 2.71. The highest BCUT2D eigenvalue weighted by atomic mass is 79.9. The molecule has 0 saturated carbocycles. The van der Waals surface area contributed by atoms with Crippen molar-refractivity contribution in [3.63, 3.8) is 0 Å². The summed E-state index contributed by atoms with van der Waals surface area (Å²) < 4.78 is 6.11. The Morgan fingerprint density at radius 1 is 1.57 bits per heavy atom. The number of benzene rings is 1. The molecule has 74 valence electrons. The zero-order chi connectivity index (χ0) is 10.1. The van der Waals surface area contributed by atoms with Crippen molar-refractivity contribution in [2.24, 2.45) is 0 Å². The minimum atomic E-state index is -0.136. The maximum Gasteiger partial charge on any atom is 0.262 e. The lowest BCUT2D eigenvalue weighted by Gasteiger charge is -2.19. The number of ether oxygens (including phenoxy) is 1. The van der Waals surface area contributed by atoms with Gasteiger partial charge < -0.3 is 10.1 Å². The van der Waals surface area contributed by atoms with Crippen LogP contribution in [0, 0.1) is 0 Å². The van der Waals surface area contributed by atoms with E-state index in [-0.39, 0.29) is 12.5 Å². The van der Waals surface area contributed by atoms with E-state index in [0.717, 1.165) is 10.0 Å². The molecule has 0 radical (unpaired) electrons. The summed E-state index contributed by atoms with van der Waals surface area (Å²) in [6, 6.07) is 3.62. The number of hydrogen-bond donors (Lipinski definition) is 1. The van der Waals surface area contributed by atoms with Crippen molar-refractivity contribution in [3.05, 3.63) is 22.2 Å². The topological polar surface area (TPSA) is 38.3 Å². The number of rotatable bonds is 1. The number of carbonyl (C=O) groups is 1. The zero-order valence-electron chi connectivity index (χ0n) is 7.14. The van der Waals surface area contributed by atoms with Crippen LogP contribution in [-0.4, -0.2) is 12.5 Å². The molecule has 5 heteroatoms. The van der Waals surface area contributed by atoms with Crippen LogP contribution in [-0.2, 0) is 10.7 Å². The first-order chi connectivity index (χ1) is 6.70. The molecule has 1 aliphatic rings. The quantitative estimate of drug-likeness (QED) is 0.801. The molecule has 1 aromatic rings. The summed E-state index contributed by atoms with van der Waals surface area (Å²) in [5.74, 6) is 0.942. The molecule has 0 bridgehead atoms. The number of nitrogens with one attached hydrogen (secondary N) is 1. The van der Waals surface area contributed by atoms with Gasteiger partial charge in [-0.25, -0.2) is 0 Å². The van der Waals surface area contributed by atoms with E-state index in [1.54, 1.807) is 6.07 Å². The minimum absolute atomic E-state index is 0.0658. The smallest absolute Gasteiger partial charge is 0.262 e. The summed E-state index contributed by atoms with van der Waals surface area (Å²) in [4.78, 5) is 11.0. The molecule has 3 nitrogen and oxygen atoms in total. The third kappa shape index (κ3) is 1.72. The molecule has 0 spiro atoms. The second kappa shape index (κ2) is 3.79. The molecular formula is C9H7BrClNO2. The fourth-order valence-corrected chi connectivity index (χ4v) is 2.11. The van der Waals surface area contributed by atoms with E-state index in [1.807, 2.05) is 6.07 Å². The monoisotopic (exact) mass is 275 g/mol. The van der Waals surface area contributed by atoms with Gasteiger partial charge in [-0.1, -0.05) is 15.9 Å². The standard InChI is InChI=1S/C9H7BrClNO2/c10-6-2-7-8(1-5(6)3-11)14-4-9(13)12-7/h1-2H,3-4H2,(H,12,13). The highest BCUT2D eigenvalue weighted by Crippen LogP contribution is 2.34. The van der Waals surface area contributed by atoms with Gasteiger partial charge in [-0.15, -0.1) is 11.6 Å². The number of fused-ring (bicyclic) bond motifs is 1. The van der Waals surface area contributed by atoms with Crippen LogP contribution in [0.4, 0.5) is 5.69 Å². The van der Waals surface area contributed by atoms with E-state index in [4.69, 9.17) is 16.3 Å². The van der Waals surface area contributed by atoms with Crippen molar-refractivity contribution in [2.45, 2.75) is 5.88 Å². The van der Waals surface area contributed by atoms with E-state index < -0.39 is 0 Å². The van der Waals surface area contributed by atoms with Crippen LogP contribution in [0.5, 0.6) is 5.75 Å². The normalized spacial score (nSPS) is 14.3. The average molecular weight is 277 g/mol. The van der Waals surface area contributed by atoms with Gasteiger partial charge >= 0.3 is 0 Å². The zero-order valence-corrected chi connectivity index (χ0v) is 9.48. The largest absolute Gasteiger partial charge is 0.482 e. The van der Waals surface area contributed by atoms with Gasteiger partial charge in [0, 0.05) is 10.4 Å². The maximum absolute atomic E-state index is 11.0. The first kappa shape index (κ1) is 9.80. The molecule has 1 amide bonds. The molecule has 0 aromatic heterocycles. The van der Waals surface area contributed by atoms with Crippen LogP contribution in [0.3, 0.4) is 0 Å². The fourth-order valence-electron chi connectivity index (χ4n) is 1.24. The van der Waals surface area contributed by atoms with Gasteiger partial charge in [0.2, 0.25) is 0 Å². The highest BCUT2D eigenvalue weighted by molar-refractivity contribution is 9.10. The van der Waals surface area contributed by atoms with E-state index in [2.05, 4.69) is 21.2 Å². The predicted molar refractivity (Wildman–Crippen MR) is 57.8 cm³/mol. The van der Waals surface area contributed by atoms with Crippen molar-refractivity contribution >= 4 is 39.1 Å². The van der Waals surface area contributed by atoms with Crippen LogP contribution >= 0.6 is 27.5 Å². The van der Waals surface area contributed by atoms with Gasteiger partial charge in [0.25, 0.3) is 5.91 Å². The summed E-state index contributed by atoms with van der Waals surface area (Å²) in [7, 11) is 0. The summed E-state index contributed by atoms with van der Waals surface area (Å²) in [5.41, 5.74) is 1.63. The summed E-state index contributed by atoms with van der Waals surface area (Å²) in [6.45, 7) is 0.0658. The van der Waals surface area contributed by atoms with Crippen molar-refractivity contribution in [3.8, 4) is 5.75 Å². The number of hydrogen-bond acceptors (Lipinski definition) is 2. The molecule has 0 fully saturated rings. The van der Waals surface area contributed by atoms with E-state index in [9.17, 15) is 4.79 Å². The van der Waals surface area contributed by atoms with Crippen LogP contribution in [0.2, 0.25) is 0 Å². The SMILES string of the molecule is O=C1COc2cc(CCl)c(Br)cc2N1. The Hall–Kier alpha value is -0.740. The molecule has 0 saturated heterocycles. The van der Waals surface area contributed by atoms with Crippen molar-refractivity contribution in [1.29, 1.82) is 0 Å². The lowest BCUT2D eigenvalue weighted by Crippen LogP contribution is -2.25. The number of anilines is 1. The van der Waals surface area contributed by atoms with Crippen LogP contribution in [0.1, 0.15) is 5.56 Å². The molecule has 1 heterocycles. The third-order valence-corrected chi connectivity index (χ3v) is 2.95. The Labute approximate surface area is 94.5 Å². The van der Waals surface area contributed by atoms with Crippen molar-refractivity contribution in [1.82, 2.24) is 0 Å². The predicted octanol–water partition coefficient (Wildman–Crippen LogP) is 2.52. The second-order valence-corrected chi connectivity index (χ2v) is 4.03. The molecule has 14 heavy (non-hydrogen) atoms. The Balaban J connectivity index is 2.45.